The van der Waals surface area contributed by atoms with Crippen LogP contribution in [0.4, 0.5) is 10.1 Å². The van der Waals surface area contributed by atoms with E-state index in [0.29, 0.717) is 23.7 Å². The highest BCUT2D eigenvalue weighted by Crippen LogP contribution is 2.24. The molecule has 1 saturated heterocycles. The first-order valence-electron chi connectivity index (χ1n) is 9.74. The lowest BCUT2D eigenvalue weighted by Crippen LogP contribution is -2.52. The van der Waals surface area contributed by atoms with Crippen molar-refractivity contribution in [2.75, 3.05) is 45.7 Å². The predicted octanol–water partition coefficient (Wildman–Crippen LogP) is 2.99. The van der Waals surface area contributed by atoms with Gasteiger partial charge in [0.2, 0.25) is 5.91 Å². The molecular formula is C22H28FN3O3. The molecule has 1 fully saturated rings. The van der Waals surface area contributed by atoms with E-state index < -0.39 is 0 Å². The minimum atomic E-state index is -0.263. The number of benzene rings is 2. The summed E-state index contributed by atoms with van der Waals surface area (Å²) in [5.74, 6) is 1.01. The molecule has 3 rings (SSSR count). The summed E-state index contributed by atoms with van der Waals surface area (Å²) >= 11 is 0. The van der Waals surface area contributed by atoms with Gasteiger partial charge >= 0.3 is 0 Å². The van der Waals surface area contributed by atoms with Crippen molar-refractivity contribution in [1.29, 1.82) is 0 Å². The highest BCUT2D eigenvalue weighted by molar-refractivity contribution is 5.95. The molecule has 0 aromatic heterocycles. The zero-order chi connectivity index (χ0) is 20.8. The third-order valence-electron chi connectivity index (χ3n) is 5.34. The van der Waals surface area contributed by atoms with Gasteiger partial charge in [0, 0.05) is 38.3 Å². The molecule has 1 amide bonds. The van der Waals surface area contributed by atoms with Gasteiger partial charge in [-0.05, 0) is 37.3 Å². The molecule has 6 nitrogen and oxygen atoms in total. The number of amides is 1. The molecule has 0 unspecified atom stereocenters. The number of halogens is 1. The minimum absolute atomic E-state index is 0.0604. The molecule has 2 aromatic carbocycles. The average molecular weight is 401 g/mol. The first kappa shape index (κ1) is 21.1. The third kappa shape index (κ3) is 5.25. The van der Waals surface area contributed by atoms with E-state index in [9.17, 15) is 9.18 Å². The predicted molar refractivity (Wildman–Crippen MR) is 111 cm³/mol. The highest BCUT2D eigenvalue weighted by atomic mass is 19.1. The maximum Gasteiger partial charge on any atom is 0.241 e. The van der Waals surface area contributed by atoms with Crippen molar-refractivity contribution in [1.82, 2.24) is 9.80 Å². The Kier molecular flexibility index (Phi) is 7.06. The first-order valence-corrected chi connectivity index (χ1v) is 9.74. The Morgan fingerprint density at radius 3 is 2.45 bits per heavy atom. The van der Waals surface area contributed by atoms with Gasteiger partial charge in [0.15, 0.2) is 0 Å². The molecule has 0 aliphatic carbocycles. The van der Waals surface area contributed by atoms with Crippen LogP contribution in [0, 0.1) is 5.82 Å². The van der Waals surface area contributed by atoms with Crippen molar-refractivity contribution >= 4 is 11.6 Å². The summed E-state index contributed by atoms with van der Waals surface area (Å²) in [6.45, 7) is 5.65. The fourth-order valence-corrected chi connectivity index (χ4v) is 3.57. The van der Waals surface area contributed by atoms with Crippen LogP contribution in [0.1, 0.15) is 12.5 Å². The van der Waals surface area contributed by atoms with Crippen LogP contribution in [0.25, 0.3) is 0 Å². The number of hydrogen-bond donors (Lipinski definition) is 1. The minimum Gasteiger partial charge on any atom is -0.496 e. The monoisotopic (exact) mass is 401 g/mol. The number of nitrogens with one attached hydrogen (secondary N) is 1. The van der Waals surface area contributed by atoms with Crippen molar-refractivity contribution in [3.63, 3.8) is 0 Å². The van der Waals surface area contributed by atoms with E-state index in [0.717, 1.165) is 31.7 Å². The van der Waals surface area contributed by atoms with Crippen LogP contribution < -0.4 is 14.8 Å². The van der Waals surface area contributed by atoms with Crippen molar-refractivity contribution in [3.05, 3.63) is 53.8 Å². The molecular weight excluding hydrogens is 373 g/mol. The largest absolute Gasteiger partial charge is 0.496 e. The molecule has 1 heterocycles. The fourth-order valence-electron chi connectivity index (χ4n) is 3.57. The molecule has 0 radical (unpaired) electrons. The van der Waals surface area contributed by atoms with Crippen molar-refractivity contribution in [2.24, 2.45) is 0 Å². The topological polar surface area (TPSA) is 54.0 Å². The second-order valence-electron chi connectivity index (χ2n) is 7.13. The second-order valence-corrected chi connectivity index (χ2v) is 7.13. The summed E-state index contributed by atoms with van der Waals surface area (Å²) in [5, 5.41) is 2.95. The van der Waals surface area contributed by atoms with E-state index in [4.69, 9.17) is 9.47 Å². The number of ether oxygens (including phenoxy) is 2. The summed E-state index contributed by atoms with van der Waals surface area (Å²) < 4.78 is 24.2. The molecule has 1 aliphatic rings. The SMILES string of the molecule is COc1ccc(F)cc1CN1CCN([C@H](C)C(=O)Nc2ccccc2OC)CC1. The Labute approximate surface area is 171 Å². The molecule has 1 atom stereocenters. The van der Waals surface area contributed by atoms with Crippen molar-refractivity contribution in [2.45, 2.75) is 19.5 Å². The summed E-state index contributed by atoms with van der Waals surface area (Å²) in [6, 6.07) is 11.7. The maximum absolute atomic E-state index is 13.6. The van der Waals surface area contributed by atoms with Crippen LogP contribution >= 0.6 is 0 Å². The highest BCUT2D eigenvalue weighted by Gasteiger charge is 2.26. The zero-order valence-corrected chi connectivity index (χ0v) is 17.2. The van der Waals surface area contributed by atoms with Crippen LogP contribution in [0.3, 0.4) is 0 Å². The summed E-state index contributed by atoms with van der Waals surface area (Å²) in [5.41, 5.74) is 1.51. The fraction of sp³-hybridized carbons (Fsp3) is 0.409. The lowest BCUT2D eigenvalue weighted by molar-refractivity contribution is -0.121. The Morgan fingerprint density at radius 1 is 1.07 bits per heavy atom. The molecule has 29 heavy (non-hydrogen) atoms. The van der Waals surface area contributed by atoms with Crippen molar-refractivity contribution < 1.29 is 18.7 Å². The number of piperazine rings is 1. The van der Waals surface area contributed by atoms with Gasteiger partial charge < -0.3 is 14.8 Å². The van der Waals surface area contributed by atoms with Gasteiger partial charge in [-0.15, -0.1) is 0 Å². The maximum atomic E-state index is 13.6. The average Bonchev–Trinajstić information content (AvgIpc) is 2.74. The molecule has 156 valence electrons. The number of hydrogen-bond acceptors (Lipinski definition) is 5. The molecule has 0 spiro atoms. The number of nitrogens with zero attached hydrogens (tertiary/aromatic N) is 2. The molecule has 1 N–H and O–H groups in total. The van der Waals surface area contributed by atoms with E-state index in [1.165, 1.54) is 12.1 Å². The van der Waals surface area contributed by atoms with Gasteiger partial charge in [0.25, 0.3) is 0 Å². The quantitative estimate of drug-likeness (QED) is 0.773. The van der Waals surface area contributed by atoms with E-state index in [1.54, 1.807) is 20.3 Å². The summed E-state index contributed by atoms with van der Waals surface area (Å²) in [7, 11) is 3.18. The van der Waals surface area contributed by atoms with Gasteiger partial charge in [-0.1, -0.05) is 12.1 Å². The Morgan fingerprint density at radius 2 is 1.76 bits per heavy atom. The normalized spacial score (nSPS) is 16.3. The van der Waals surface area contributed by atoms with Crippen LogP contribution in [-0.2, 0) is 11.3 Å². The molecule has 2 aromatic rings. The van der Waals surface area contributed by atoms with Gasteiger partial charge in [0.05, 0.1) is 25.9 Å². The zero-order valence-electron chi connectivity index (χ0n) is 17.2. The van der Waals surface area contributed by atoms with Crippen molar-refractivity contribution in [3.8, 4) is 11.5 Å². The number of methoxy groups -OCH3 is 2. The van der Waals surface area contributed by atoms with Crippen LogP contribution in [0.15, 0.2) is 42.5 Å². The van der Waals surface area contributed by atoms with E-state index in [-0.39, 0.29) is 17.8 Å². The van der Waals surface area contributed by atoms with Gasteiger partial charge in [-0.2, -0.15) is 0 Å². The molecule has 1 aliphatic heterocycles. The summed E-state index contributed by atoms with van der Waals surface area (Å²) in [6.07, 6.45) is 0. The number of rotatable bonds is 7. The molecule has 0 bridgehead atoms. The Balaban J connectivity index is 1.55. The Bertz CT molecular complexity index is 838. The number of anilines is 1. The van der Waals surface area contributed by atoms with Gasteiger partial charge in [-0.25, -0.2) is 4.39 Å². The van der Waals surface area contributed by atoms with Gasteiger partial charge in [-0.3, -0.25) is 14.6 Å². The number of carbonyl (C=O) groups is 1. The first-order chi connectivity index (χ1) is 14.0. The van der Waals surface area contributed by atoms with Crippen LogP contribution in [0.5, 0.6) is 11.5 Å². The number of carbonyl (C=O) groups excluding carboxylic acids is 1. The standard InChI is InChI=1S/C22H28FN3O3/c1-16(22(27)24-19-6-4-5-7-21(19)29-3)26-12-10-25(11-13-26)15-17-14-18(23)8-9-20(17)28-2/h4-9,14,16H,10-13,15H2,1-3H3,(H,24,27)/t16-/m1/s1. The second kappa shape index (κ2) is 9.71. The lowest BCUT2D eigenvalue weighted by Gasteiger charge is -2.37. The van der Waals surface area contributed by atoms with E-state index >= 15 is 0 Å². The lowest BCUT2D eigenvalue weighted by atomic mass is 10.1. The third-order valence-corrected chi connectivity index (χ3v) is 5.34. The number of para-hydroxylation sites is 2. The summed E-state index contributed by atoms with van der Waals surface area (Å²) in [4.78, 5) is 17.1. The Hall–Kier alpha value is -2.64. The van der Waals surface area contributed by atoms with Gasteiger partial charge in [0.1, 0.15) is 17.3 Å². The van der Waals surface area contributed by atoms with Crippen LogP contribution in [0.2, 0.25) is 0 Å². The smallest absolute Gasteiger partial charge is 0.241 e. The van der Waals surface area contributed by atoms with E-state index in [2.05, 4.69) is 15.1 Å². The van der Waals surface area contributed by atoms with Crippen LogP contribution in [-0.4, -0.2) is 62.1 Å². The molecule has 0 saturated carbocycles. The molecule has 7 heteroatoms. The van der Waals surface area contributed by atoms with E-state index in [1.807, 2.05) is 31.2 Å².